The van der Waals surface area contributed by atoms with E-state index in [1.165, 1.54) is 16.7 Å². The maximum absolute atomic E-state index is 13.4. The van der Waals surface area contributed by atoms with Crippen LogP contribution in [0.25, 0.3) is 6.08 Å². The molecule has 35 heavy (non-hydrogen) atoms. The SMILES string of the molecule is C[C@@H](COO)Oc1cccc(C=CCn2cc(C(F)(F)F)cc2C(=O)c2ccc3c(c2)OCO3)c1. The van der Waals surface area contributed by atoms with Gasteiger partial charge in [-0.05, 0) is 48.9 Å². The average Bonchev–Trinajstić information content (AvgIpc) is 3.45. The fourth-order valence-electron chi connectivity index (χ4n) is 3.56. The Morgan fingerprint density at radius 1 is 1.17 bits per heavy atom. The molecule has 0 saturated heterocycles. The third-order valence-electron chi connectivity index (χ3n) is 5.21. The molecule has 2 heterocycles. The van der Waals surface area contributed by atoms with Crippen LogP contribution < -0.4 is 14.2 Å². The minimum atomic E-state index is -4.60. The first-order valence-electron chi connectivity index (χ1n) is 10.7. The first kappa shape index (κ1) is 24.4. The summed E-state index contributed by atoms with van der Waals surface area (Å²) in [4.78, 5) is 17.2. The normalized spacial score (nSPS) is 13.9. The number of benzene rings is 2. The second-order valence-corrected chi connectivity index (χ2v) is 7.86. The summed E-state index contributed by atoms with van der Waals surface area (Å²) >= 11 is 0. The smallest absolute Gasteiger partial charge is 0.417 e. The summed E-state index contributed by atoms with van der Waals surface area (Å²) in [6, 6.07) is 12.4. The van der Waals surface area contributed by atoms with E-state index in [4.69, 9.17) is 19.5 Å². The summed E-state index contributed by atoms with van der Waals surface area (Å²) in [7, 11) is 0. The number of nitrogens with zero attached hydrogens (tertiary/aromatic N) is 1. The molecule has 4 rings (SSSR count). The third-order valence-corrected chi connectivity index (χ3v) is 5.21. The molecule has 0 amide bonds. The molecule has 1 aromatic heterocycles. The molecule has 1 N–H and O–H groups in total. The highest BCUT2D eigenvalue weighted by atomic mass is 19.4. The maximum atomic E-state index is 13.4. The molecule has 0 spiro atoms. The number of ether oxygens (including phenoxy) is 3. The van der Waals surface area contributed by atoms with Gasteiger partial charge in [0.15, 0.2) is 11.5 Å². The molecule has 0 saturated carbocycles. The van der Waals surface area contributed by atoms with Crippen LogP contribution >= 0.6 is 0 Å². The second kappa shape index (κ2) is 10.2. The molecule has 10 heteroatoms. The highest BCUT2D eigenvalue weighted by Crippen LogP contribution is 2.35. The largest absolute Gasteiger partial charge is 0.488 e. The number of fused-ring (bicyclic) bond motifs is 1. The van der Waals surface area contributed by atoms with Gasteiger partial charge in [0.2, 0.25) is 12.6 Å². The summed E-state index contributed by atoms with van der Waals surface area (Å²) in [6.45, 7) is 1.77. The summed E-state index contributed by atoms with van der Waals surface area (Å²) in [5.41, 5.74) is -0.0789. The van der Waals surface area contributed by atoms with Crippen molar-refractivity contribution in [1.29, 1.82) is 0 Å². The molecule has 1 aliphatic rings. The Morgan fingerprint density at radius 3 is 2.74 bits per heavy atom. The summed E-state index contributed by atoms with van der Waals surface area (Å²) < 4.78 is 57.6. The van der Waals surface area contributed by atoms with E-state index < -0.39 is 17.5 Å². The lowest BCUT2D eigenvalue weighted by Crippen LogP contribution is -2.18. The molecule has 0 aliphatic carbocycles. The Bertz CT molecular complexity index is 1230. The topological polar surface area (TPSA) is 79.2 Å². The van der Waals surface area contributed by atoms with E-state index in [1.54, 1.807) is 49.4 Å². The van der Waals surface area contributed by atoms with Crippen molar-refractivity contribution in [3.63, 3.8) is 0 Å². The lowest BCUT2D eigenvalue weighted by atomic mass is 10.1. The fourth-order valence-corrected chi connectivity index (χ4v) is 3.56. The van der Waals surface area contributed by atoms with Gasteiger partial charge in [-0.15, -0.1) is 0 Å². The Morgan fingerprint density at radius 2 is 1.97 bits per heavy atom. The zero-order valence-electron chi connectivity index (χ0n) is 18.6. The van der Waals surface area contributed by atoms with Crippen molar-refractivity contribution in [2.24, 2.45) is 0 Å². The second-order valence-electron chi connectivity index (χ2n) is 7.86. The zero-order chi connectivity index (χ0) is 25.0. The third kappa shape index (κ3) is 5.84. The van der Waals surface area contributed by atoms with E-state index in [0.29, 0.717) is 17.2 Å². The average molecular weight is 489 g/mol. The van der Waals surface area contributed by atoms with Crippen LogP contribution in [-0.2, 0) is 17.6 Å². The number of halogens is 3. The number of hydrogen-bond donors (Lipinski definition) is 1. The first-order chi connectivity index (χ1) is 16.7. The standard InChI is InChI=1S/C25H22F3NO6/c1-16(14-34-31)35-20-6-2-4-17(10-20)5-3-9-29-13-19(25(26,27)28)12-21(29)24(30)18-7-8-22-23(11-18)33-15-32-22/h2-8,10-13,16,31H,9,14-15H2,1H3/t16-/m0/s1. The van der Waals surface area contributed by atoms with Crippen LogP contribution in [0.1, 0.15) is 34.1 Å². The predicted octanol–water partition coefficient (Wildman–Crippen LogP) is 5.44. The number of ketones is 1. The van der Waals surface area contributed by atoms with Crippen molar-refractivity contribution in [2.75, 3.05) is 13.4 Å². The van der Waals surface area contributed by atoms with E-state index in [1.807, 2.05) is 0 Å². The van der Waals surface area contributed by atoms with Gasteiger partial charge in [0, 0.05) is 18.3 Å². The summed E-state index contributed by atoms with van der Waals surface area (Å²) in [5, 5.41) is 8.52. The molecule has 3 aromatic rings. The number of rotatable bonds is 9. The van der Waals surface area contributed by atoms with Gasteiger partial charge < -0.3 is 18.8 Å². The molecular formula is C25H22F3NO6. The van der Waals surface area contributed by atoms with Crippen molar-refractivity contribution < 1.29 is 42.3 Å². The van der Waals surface area contributed by atoms with E-state index in [9.17, 15) is 18.0 Å². The summed E-state index contributed by atoms with van der Waals surface area (Å²) in [5.74, 6) is 0.811. The van der Waals surface area contributed by atoms with E-state index in [-0.39, 0.29) is 37.3 Å². The zero-order valence-corrected chi connectivity index (χ0v) is 18.6. The predicted molar refractivity (Wildman–Crippen MR) is 120 cm³/mol. The Balaban J connectivity index is 1.55. The van der Waals surface area contributed by atoms with Gasteiger partial charge in [0.05, 0.1) is 11.3 Å². The molecule has 184 valence electrons. The molecule has 0 fully saturated rings. The molecule has 0 unspecified atom stereocenters. The van der Waals surface area contributed by atoms with Gasteiger partial charge in [-0.3, -0.25) is 10.1 Å². The Kier molecular flexibility index (Phi) is 7.13. The molecule has 1 atom stereocenters. The molecular weight excluding hydrogens is 467 g/mol. The number of alkyl halides is 3. The van der Waals surface area contributed by atoms with Crippen molar-refractivity contribution in [3.05, 3.63) is 83.2 Å². The number of carbonyl (C=O) groups is 1. The molecule has 0 bridgehead atoms. The number of carbonyl (C=O) groups excluding carboxylic acids is 1. The van der Waals surface area contributed by atoms with E-state index in [0.717, 1.165) is 17.8 Å². The van der Waals surface area contributed by atoms with Crippen LogP contribution in [0.3, 0.4) is 0 Å². The minimum Gasteiger partial charge on any atom is -0.488 e. The van der Waals surface area contributed by atoms with Gasteiger partial charge in [0.25, 0.3) is 0 Å². The van der Waals surface area contributed by atoms with Gasteiger partial charge in [-0.25, -0.2) is 4.89 Å². The number of aromatic nitrogens is 1. The van der Waals surface area contributed by atoms with Crippen LogP contribution in [0, 0.1) is 0 Å². The number of hydrogen-bond acceptors (Lipinski definition) is 6. The molecule has 7 nitrogen and oxygen atoms in total. The van der Waals surface area contributed by atoms with Crippen molar-refractivity contribution in [3.8, 4) is 17.2 Å². The molecule has 0 radical (unpaired) electrons. The monoisotopic (exact) mass is 489 g/mol. The van der Waals surface area contributed by atoms with Crippen LogP contribution in [0.2, 0.25) is 0 Å². The highest BCUT2D eigenvalue weighted by molar-refractivity contribution is 6.08. The van der Waals surface area contributed by atoms with Crippen molar-refractivity contribution in [1.82, 2.24) is 4.57 Å². The van der Waals surface area contributed by atoms with Crippen LogP contribution in [0.15, 0.2) is 60.8 Å². The van der Waals surface area contributed by atoms with Gasteiger partial charge in [-0.1, -0.05) is 24.3 Å². The minimum absolute atomic E-state index is 0.00455. The molecule has 1 aliphatic heterocycles. The maximum Gasteiger partial charge on any atom is 0.417 e. The van der Waals surface area contributed by atoms with Crippen LogP contribution in [0.4, 0.5) is 13.2 Å². The quantitative estimate of drug-likeness (QED) is 0.245. The molecule has 2 aromatic carbocycles. The lowest BCUT2D eigenvalue weighted by molar-refractivity contribution is -0.253. The summed E-state index contributed by atoms with van der Waals surface area (Å²) in [6.07, 6.45) is -0.706. The van der Waals surface area contributed by atoms with Gasteiger partial charge in [0.1, 0.15) is 18.5 Å². The lowest BCUT2D eigenvalue weighted by Gasteiger charge is -2.13. The van der Waals surface area contributed by atoms with Gasteiger partial charge >= 0.3 is 6.18 Å². The Hall–Kier alpha value is -3.76. The number of allylic oxidation sites excluding steroid dienone is 1. The van der Waals surface area contributed by atoms with Crippen LogP contribution in [-0.4, -0.2) is 35.1 Å². The first-order valence-corrected chi connectivity index (χ1v) is 10.7. The Labute approximate surface area is 198 Å². The fraction of sp³-hybridized carbons (Fsp3) is 0.240. The van der Waals surface area contributed by atoms with Gasteiger partial charge in [-0.2, -0.15) is 13.2 Å². The van der Waals surface area contributed by atoms with Crippen molar-refractivity contribution >= 4 is 11.9 Å². The highest BCUT2D eigenvalue weighted by Gasteiger charge is 2.34. The van der Waals surface area contributed by atoms with Crippen LogP contribution in [0.5, 0.6) is 17.2 Å². The van der Waals surface area contributed by atoms with Crippen molar-refractivity contribution in [2.45, 2.75) is 25.7 Å². The van der Waals surface area contributed by atoms with E-state index in [2.05, 4.69) is 4.89 Å². The van der Waals surface area contributed by atoms with E-state index >= 15 is 0 Å².